The van der Waals surface area contributed by atoms with Gasteiger partial charge >= 0.3 is 0 Å². The highest BCUT2D eigenvalue weighted by atomic mass is 35.5. The van der Waals surface area contributed by atoms with Gasteiger partial charge in [0.25, 0.3) is 0 Å². The zero-order chi connectivity index (χ0) is 12.3. The molecule has 0 unspecified atom stereocenters. The Balaban J connectivity index is 2.36. The number of hydrogen-bond acceptors (Lipinski definition) is 4. The maximum absolute atomic E-state index is 13.6. The molecule has 2 aromatic rings. The Morgan fingerprint density at radius 2 is 2.35 bits per heavy atom. The van der Waals surface area contributed by atoms with Crippen LogP contribution in [0.2, 0.25) is 5.02 Å². The van der Waals surface area contributed by atoms with E-state index in [0.717, 1.165) is 19.2 Å². The van der Waals surface area contributed by atoms with Gasteiger partial charge in [-0.25, -0.2) is 14.4 Å². The molecule has 0 aliphatic carbocycles. The van der Waals surface area contributed by atoms with Crippen LogP contribution in [0.3, 0.4) is 0 Å². The molecular weight excluding hydrogens is 261 g/mol. The number of halogens is 2. The highest BCUT2D eigenvalue weighted by Gasteiger charge is 2.13. The summed E-state index contributed by atoms with van der Waals surface area (Å²) < 4.78 is 13.6. The molecule has 0 bridgehead atoms. The summed E-state index contributed by atoms with van der Waals surface area (Å²) in [5.74, 6) is -0.0379. The number of nitrogens with one attached hydrogen (secondary N) is 1. The van der Waals surface area contributed by atoms with Crippen LogP contribution in [0.15, 0.2) is 17.6 Å². The third-order valence-corrected chi connectivity index (χ3v) is 3.46. The van der Waals surface area contributed by atoms with Gasteiger partial charge in [-0.05, 0) is 17.9 Å². The maximum Gasteiger partial charge on any atom is 0.223 e. The second kappa shape index (κ2) is 5.42. The van der Waals surface area contributed by atoms with Crippen LogP contribution in [0.4, 0.5) is 10.3 Å². The minimum Gasteiger partial charge on any atom is -0.354 e. The fourth-order valence-corrected chi connectivity index (χ4v) is 2.45. The van der Waals surface area contributed by atoms with Gasteiger partial charge in [0, 0.05) is 6.54 Å². The minimum atomic E-state index is -0.462. The second-order valence-electron chi connectivity index (χ2n) is 3.41. The van der Waals surface area contributed by atoms with Gasteiger partial charge < -0.3 is 5.32 Å². The standard InChI is InChI=1S/C11H11ClFN3S/c1-2-4-14-11-15-6-8(13)9(16-11)10-7(12)3-5-17-10/h3,5-6H,2,4H2,1H3,(H,14,15,16). The van der Waals surface area contributed by atoms with Gasteiger partial charge in [-0.3, -0.25) is 0 Å². The molecule has 0 saturated carbocycles. The summed E-state index contributed by atoms with van der Waals surface area (Å²) in [6.07, 6.45) is 2.12. The lowest BCUT2D eigenvalue weighted by atomic mass is 10.3. The molecule has 2 heterocycles. The molecule has 0 saturated heterocycles. The summed E-state index contributed by atoms with van der Waals surface area (Å²) in [7, 11) is 0. The van der Waals surface area contributed by atoms with Gasteiger partial charge in [0.2, 0.25) is 5.95 Å². The Labute approximate surface area is 108 Å². The van der Waals surface area contributed by atoms with Crippen molar-refractivity contribution in [3.63, 3.8) is 0 Å². The number of anilines is 1. The minimum absolute atomic E-state index is 0.249. The predicted molar refractivity (Wildman–Crippen MR) is 69.1 cm³/mol. The Bertz CT molecular complexity index is 515. The van der Waals surface area contributed by atoms with Crippen LogP contribution in [-0.4, -0.2) is 16.5 Å². The third-order valence-electron chi connectivity index (χ3n) is 2.11. The molecule has 2 rings (SSSR count). The molecule has 0 aliphatic rings. The first-order valence-electron chi connectivity index (χ1n) is 5.22. The lowest BCUT2D eigenvalue weighted by Crippen LogP contribution is -2.05. The molecule has 0 atom stereocenters. The molecular formula is C11H11ClFN3S. The number of hydrogen-bond donors (Lipinski definition) is 1. The van der Waals surface area contributed by atoms with E-state index >= 15 is 0 Å². The van der Waals surface area contributed by atoms with Gasteiger partial charge in [-0.15, -0.1) is 11.3 Å². The molecule has 0 radical (unpaired) electrons. The van der Waals surface area contributed by atoms with E-state index in [1.165, 1.54) is 11.3 Å². The molecule has 0 amide bonds. The van der Waals surface area contributed by atoms with Gasteiger partial charge in [0.05, 0.1) is 16.1 Å². The number of aromatic nitrogens is 2. The van der Waals surface area contributed by atoms with E-state index in [9.17, 15) is 4.39 Å². The van der Waals surface area contributed by atoms with E-state index in [1.54, 1.807) is 11.4 Å². The smallest absolute Gasteiger partial charge is 0.223 e. The van der Waals surface area contributed by atoms with Crippen LogP contribution in [0.1, 0.15) is 13.3 Å². The van der Waals surface area contributed by atoms with Crippen molar-refractivity contribution in [1.29, 1.82) is 0 Å². The number of thiophene rings is 1. The number of nitrogens with zero attached hydrogens (tertiary/aromatic N) is 2. The Morgan fingerprint density at radius 1 is 1.53 bits per heavy atom. The average molecular weight is 272 g/mol. The summed E-state index contributed by atoms with van der Waals surface area (Å²) in [6.45, 7) is 2.79. The molecule has 0 fully saturated rings. The van der Waals surface area contributed by atoms with Crippen LogP contribution in [-0.2, 0) is 0 Å². The molecule has 6 heteroatoms. The Hall–Kier alpha value is -1.20. The SMILES string of the molecule is CCCNc1ncc(F)c(-c2sccc2Cl)n1. The summed E-state index contributed by atoms with van der Waals surface area (Å²) in [5, 5.41) is 5.33. The van der Waals surface area contributed by atoms with Crippen LogP contribution in [0.25, 0.3) is 10.6 Å². The fraction of sp³-hybridized carbons (Fsp3) is 0.273. The van der Waals surface area contributed by atoms with Gasteiger partial charge in [-0.2, -0.15) is 0 Å². The zero-order valence-electron chi connectivity index (χ0n) is 9.20. The van der Waals surface area contributed by atoms with Crippen molar-refractivity contribution < 1.29 is 4.39 Å². The van der Waals surface area contributed by atoms with Crippen LogP contribution in [0, 0.1) is 5.82 Å². The molecule has 90 valence electrons. The van der Waals surface area contributed by atoms with E-state index in [1.807, 2.05) is 6.92 Å². The largest absolute Gasteiger partial charge is 0.354 e. The molecule has 1 N–H and O–H groups in total. The normalized spacial score (nSPS) is 10.5. The van der Waals surface area contributed by atoms with Crippen molar-refractivity contribution >= 4 is 28.9 Å². The highest BCUT2D eigenvalue weighted by Crippen LogP contribution is 2.33. The van der Waals surface area contributed by atoms with Crippen molar-refractivity contribution in [2.24, 2.45) is 0 Å². The summed E-state index contributed by atoms with van der Waals surface area (Å²) in [4.78, 5) is 8.65. The van der Waals surface area contributed by atoms with E-state index < -0.39 is 5.82 Å². The fourth-order valence-electron chi connectivity index (χ4n) is 1.31. The predicted octanol–water partition coefficient (Wildman–Crippen LogP) is 3.82. The first kappa shape index (κ1) is 12.3. The molecule has 0 aromatic carbocycles. The van der Waals surface area contributed by atoms with Crippen molar-refractivity contribution in [3.05, 3.63) is 28.5 Å². The van der Waals surface area contributed by atoms with Gasteiger partial charge in [0.15, 0.2) is 5.82 Å². The van der Waals surface area contributed by atoms with Crippen LogP contribution < -0.4 is 5.32 Å². The van der Waals surface area contributed by atoms with Crippen LogP contribution >= 0.6 is 22.9 Å². The zero-order valence-corrected chi connectivity index (χ0v) is 10.8. The molecule has 0 spiro atoms. The highest BCUT2D eigenvalue weighted by molar-refractivity contribution is 7.14. The second-order valence-corrected chi connectivity index (χ2v) is 4.74. The quantitative estimate of drug-likeness (QED) is 0.919. The summed E-state index contributed by atoms with van der Waals surface area (Å²) in [5.41, 5.74) is 0.249. The van der Waals surface area contributed by atoms with E-state index in [0.29, 0.717) is 15.8 Å². The molecule has 0 aliphatic heterocycles. The van der Waals surface area contributed by atoms with Crippen molar-refractivity contribution in [2.75, 3.05) is 11.9 Å². The molecule has 3 nitrogen and oxygen atoms in total. The topological polar surface area (TPSA) is 37.8 Å². The van der Waals surface area contributed by atoms with Crippen molar-refractivity contribution in [3.8, 4) is 10.6 Å². The monoisotopic (exact) mass is 271 g/mol. The third kappa shape index (κ3) is 2.73. The average Bonchev–Trinajstić information content (AvgIpc) is 2.74. The van der Waals surface area contributed by atoms with Crippen molar-refractivity contribution in [1.82, 2.24) is 9.97 Å². The van der Waals surface area contributed by atoms with Crippen molar-refractivity contribution in [2.45, 2.75) is 13.3 Å². The van der Waals surface area contributed by atoms with Crippen LogP contribution in [0.5, 0.6) is 0 Å². The lowest BCUT2D eigenvalue weighted by molar-refractivity contribution is 0.619. The number of rotatable bonds is 4. The van der Waals surface area contributed by atoms with E-state index in [-0.39, 0.29) is 5.69 Å². The lowest BCUT2D eigenvalue weighted by Gasteiger charge is -2.05. The van der Waals surface area contributed by atoms with Gasteiger partial charge in [-0.1, -0.05) is 18.5 Å². The molecule has 2 aromatic heterocycles. The Kier molecular flexibility index (Phi) is 3.91. The molecule has 17 heavy (non-hydrogen) atoms. The first-order chi connectivity index (χ1) is 8.22. The summed E-state index contributed by atoms with van der Waals surface area (Å²) in [6, 6.07) is 1.72. The summed E-state index contributed by atoms with van der Waals surface area (Å²) >= 11 is 7.33. The van der Waals surface area contributed by atoms with E-state index in [4.69, 9.17) is 11.6 Å². The first-order valence-corrected chi connectivity index (χ1v) is 6.48. The maximum atomic E-state index is 13.6. The van der Waals surface area contributed by atoms with E-state index in [2.05, 4.69) is 15.3 Å². The van der Waals surface area contributed by atoms with Gasteiger partial charge in [0.1, 0.15) is 5.69 Å². The Morgan fingerprint density at radius 3 is 3.00 bits per heavy atom.